The maximum Gasteiger partial charge on any atom is 0.340 e. The number of fused-ring (bicyclic) bond motifs is 2. The number of nitrogens with one attached hydrogen (secondary N) is 1. The van der Waals surface area contributed by atoms with Gasteiger partial charge in [-0.05, 0) is 31.2 Å². The van der Waals surface area contributed by atoms with E-state index in [4.69, 9.17) is 16.3 Å². The highest BCUT2D eigenvalue weighted by Crippen LogP contribution is 2.25. The van der Waals surface area contributed by atoms with Gasteiger partial charge in [-0.2, -0.15) is 10.3 Å². The predicted octanol–water partition coefficient (Wildman–Crippen LogP) is 2.81. The first-order valence-corrected chi connectivity index (χ1v) is 7.90. The zero-order valence-electron chi connectivity index (χ0n) is 13.4. The number of aryl methyl sites for hydroxylation is 1. The van der Waals surface area contributed by atoms with E-state index in [2.05, 4.69) is 25.4 Å². The molecule has 1 aromatic carbocycles. The van der Waals surface area contributed by atoms with Crippen LogP contribution in [0, 0.1) is 0 Å². The number of aromatic amines is 1. The minimum atomic E-state index is -0.545. The van der Waals surface area contributed by atoms with E-state index in [1.165, 1.54) is 6.20 Å². The van der Waals surface area contributed by atoms with Gasteiger partial charge in [-0.25, -0.2) is 14.8 Å². The Balaban J connectivity index is 1.61. The molecule has 126 valence electrons. The fourth-order valence-corrected chi connectivity index (χ4v) is 2.86. The van der Waals surface area contributed by atoms with E-state index in [9.17, 15) is 4.79 Å². The third-order valence-electron chi connectivity index (χ3n) is 3.93. The molecule has 1 N–H and O–H groups in total. The van der Waals surface area contributed by atoms with Gasteiger partial charge in [0.15, 0.2) is 11.9 Å². The maximum atomic E-state index is 12.4. The molecule has 9 heteroatoms. The molecule has 25 heavy (non-hydrogen) atoms. The number of nitrogens with zero attached hydrogens (tertiary/aromatic N) is 5. The molecule has 0 amide bonds. The minimum Gasteiger partial charge on any atom is -0.451 e. The molecule has 4 rings (SSSR count). The Morgan fingerprint density at radius 2 is 2.12 bits per heavy atom. The Labute approximate surface area is 146 Å². The highest BCUT2D eigenvalue weighted by molar-refractivity contribution is 6.31. The van der Waals surface area contributed by atoms with Crippen molar-refractivity contribution in [1.82, 2.24) is 29.9 Å². The van der Waals surface area contributed by atoms with Crippen molar-refractivity contribution in [1.29, 1.82) is 0 Å². The summed E-state index contributed by atoms with van der Waals surface area (Å²) in [5.41, 5.74) is 2.90. The summed E-state index contributed by atoms with van der Waals surface area (Å²) in [5, 5.41) is 10.8. The lowest BCUT2D eigenvalue weighted by molar-refractivity contribution is 0.0315. The van der Waals surface area contributed by atoms with Crippen molar-refractivity contribution in [2.24, 2.45) is 7.05 Å². The van der Waals surface area contributed by atoms with Gasteiger partial charge in [-0.1, -0.05) is 11.6 Å². The Bertz CT molecular complexity index is 1100. The molecule has 4 aromatic rings. The SMILES string of the molecule is CC(OC(=O)c1cnc2n[nH]nc2c1)c1nc2cc(Cl)ccc2n1C. The second-order valence-corrected chi connectivity index (χ2v) is 6.04. The van der Waals surface area contributed by atoms with E-state index in [1.807, 2.05) is 17.7 Å². The van der Waals surface area contributed by atoms with Crippen molar-refractivity contribution in [3.8, 4) is 0 Å². The zero-order valence-corrected chi connectivity index (χ0v) is 14.2. The number of esters is 1. The highest BCUT2D eigenvalue weighted by atomic mass is 35.5. The van der Waals surface area contributed by atoms with Gasteiger partial charge in [0.05, 0.1) is 16.6 Å². The molecule has 3 aromatic heterocycles. The van der Waals surface area contributed by atoms with Crippen LogP contribution in [0.25, 0.3) is 22.2 Å². The summed E-state index contributed by atoms with van der Waals surface area (Å²) in [5.74, 6) is 0.121. The van der Waals surface area contributed by atoms with Crippen LogP contribution in [0.15, 0.2) is 30.5 Å². The van der Waals surface area contributed by atoms with E-state index >= 15 is 0 Å². The summed E-state index contributed by atoms with van der Waals surface area (Å²) in [6, 6.07) is 7.03. The quantitative estimate of drug-likeness (QED) is 0.567. The van der Waals surface area contributed by atoms with Crippen molar-refractivity contribution in [2.45, 2.75) is 13.0 Å². The Hall–Kier alpha value is -3.00. The number of carbonyl (C=O) groups excluding carboxylic acids is 1. The first-order chi connectivity index (χ1) is 12.0. The normalized spacial score (nSPS) is 12.6. The first kappa shape index (κ1) is 15.5. The largest absolute Gasteiger partial charge is 0.451 e. The first-order valence-electron chi connectivity index (χ1n) is 7.52. The van der Waals surface area contributed by atoms with Crippen LogP contribution in [0.4, 0.5) is 0 Å². The Kier molecular flexibility index (Phi) is 3.61. The molecule has 0 aliphatic carbocycles. The van der Waals surface area contributed by atoms with E-state index in [0.717, 1.165) is 11.0 Å². The third kappa shape index (κ3) is 2.70. The number of hydrogen-bond donors (Lipinski definition) is 1. The highest BCUT2D eigenvalue weighted by Gasteiger charge is 2.20. The Morgan fingerprint density at radius 3 is 2.96 bits per heavy atom. The molecule has 8 nitrogen and oxygen atoms in total. The van der Waals surface area contributed by atoms with Crippen molar-refractivity contribution in [3.63, 3.8) is 0 Å². The van der Waals surface area contributed by atoms with Crippen LogP contribution in [-0.4, -0.2) is 35.9 Å². The molecule has 3 heterocycles. The molecule has 0 aliphatic heterocycles. The monoisotopic (exact) mass is 356 g/mol. The summed E-state index contributed by atoms with van der Waals surface area (Å²) in [4.78, 5) is 21.0. The number of imidazole rings is 1. The molecule has 0 bridgehead atoms. The lowest BCUT2D eigenvalue weighted by Crippen LogP contribution is -2.13. The van der Waals surface area contributed by atoms with Crippen LogP contribution in [0.5, 0.6) is 0 Å². The topological polar surface area (TPSA) is 98.6 Å². The van der Waals surface area contributed by atoms with Gasteiger partial charge < -0.3 is 9.30 Å². The standard InChI is InChI=1S/C16H13ClN6O2/c1-8(15-19-11-6-10(17)3-4-13(11)23(15)2)25-16(24)9-5-12-14(18-7-9)21-22-20-12/h3-8H,1-2H3,(H,18,20,21,22). The molecule has 0 radical (unpaired) electrons. The molecule has 0 saturated heterocycles. The van der Waals surface area contributed by atoms with E-state index in [-0.39, 0.29) is 0 Å². The van der Waals surface area contributed by atoms with Crippen LogP contribution in [0.1, 0.15) is 29.2 Å². The van der Waals surface area contributed by atoms with Gasteiger partial charge in [-0.15, -0.1) is 5.10 Å². The molecule has 1 unspecified atom stereocenters. The number of benzene rings is 1. The van der Waals surface area contributed by atoms with Crippen LogP contribution in [0.2, 0.25) is 5.02 Å². The third-order valence-corrected chi connectivity index (χ3v) is 4.17. The van der Waals surface area contributed by atoms with Crippen molar-refractivity contribution >= 4 is 39.8 Å². The van der Waals surface area contributed by atoms with Gasteiger partial charge in [0, 0.05) is 18.3 Å². The number of carbonyl (C=O) groups is 1. The number of rotatable bonds is 3. The van der Waals surface area contributed by atoms with Crippen molar-refractivity contribution in [2.75, 3.05) is 0 Å². The Morgan fingerprint density at radius 1 is 1.28 bits per heavy atom. The average molecular weight is 357 g/mol. The molecular formula is C16H13ClN6O2. The van der Waals surface area contributed by atoms with Gasteiger partial charge in [-0.3, -0.25) is 0 Å². The zero-order chi connectivity index (χ0) is 17.6. The number of halogens is 1. The van der Waals surface area contributed by atoms with Crippen LogP contribution in [-0.2, 0) is 11.8 Å². The summed E-state index contributed by atoms with van der Waals surface area (Å²) in [6.45, 7) is 1.77. The van der Waals surface area contributed by atoms with Crippen molar-refractivity contribution < 1.29 is 9.53 Å². The van der Waals surface area contributed by atoms with E-state index in [1.54, 1.807) is 25.1 Å². The van der Waals surface area contributed by atoms with Gasteiger partial charge in [0.25, 0.3) is 0 Å². The second kappa shape index (κ2) is 5.82. The van der Waals surface area contributed by atoms with E-state index < -0.39 is 12.1 Å². The predicted molar refractivity (Wildman–Crippen MR) is 91.2 cm³/mol. The number of ether oxygens (including phenoxy) is 1. The van der Waals surface area contributed by atoms with Gasteiger partial charge >= 0.3 is 5.97 Å². The van der Waals surface area contributed by atoms with Crippen LogP contribution >= 0.6 is 11.6 Å². The lowest BCUT2D eigenvalue weighted by Gasteiger charge is -2.13. The van der Waals surface area contributed by atoms with Crippen LogP contribution in [0.3, 0.4) is 0 Å². The lowest BCUT2D eigenvalue weighted by atomic mass is 10.2. The molecule has 1 atom stereocenters. The molecule has 0 spiro atoms. The minimum absolute atomic E-state index is 0.301. The molecule has 0 aliphatic rings. The smallest absolute Gasteiger partial charge is 0.340 e. The average Bonchev–Trinajstić information content (AvgIpc) is 3.18. The number of pyridine rings is 1. The second-order valence-electron chi connectivity index (χ2n) is 5.60. The summed E-state index contributed by atoms with van der Waals surface area (Å²) < 4.78 is 7.41. The molecule has 0 fully saturated rings. The van der Waals surface area contributed by atoms with Crippen molar-refractivity contribution in [3.05, 3.63) is 46.9 Å². The maximum absolute atomic E-state index is 12.4. The van der Waals surface area contributed by atoms with Crippen LogP contribution < -0.4 is 0 Å². The molecule has 0 saturated carbocycles. The number of hydrogen-bond acceptors (Lipinski definition) is 6. The summed E-state index contributed by atoms with van der Waals surface area (Å²) >= 11 is 6.01. The number of H-pyrrole nitrogens is 1. The number of aromatic nitrogens is 6. The summed E-state index contributed by atoms with van der Waals surface area (Å²) in [6.07, 6.45) is 0.867. The fourth-order valence-electron chi connectivity index (χ4n) is 2.69. The van der Waals surface area contributed by atoms with E-state index in [0.29, 0.717) is 27.6 Å². The summed E-state index contributed by atoms with van der Waals surface area (Å²) in [7, 11) is 1.87. The fraction of sp³-hybridized carbons (Fsp3) is 0.188. The molecular weight excluding hydrogens is 344 g/mol. The van der Waals surface area contributed by atoms with Gasteiger partial charge in [0.2, 0.25) is 5.65 Å². The van der Waals surface area contributed by atoms with Gasteiger partial charge in [0.1, 0.15) is 5.52 Å².